The van der Waals surface area contributed by atoms with Crippen molar-refractivity contribution in [1.82, 2.24) is 9.66 Å². The van der Waals surface area contributed by atoms with Crippen LogP contribution in [-0.2, 0) is 9.53 Å². The maximum absolute atomic E-state index is 13.8. The summed E-state index contributed by atoms with van der Waals surface area (Å²) in [6.45, 7) is 7.75. The van der Waals surface area contributed by atoms with Crippen LogP contribution >= 0.6 is 0 Å². The first-order valence-electron chi connectivity index (χ1n) is 13.4. The second-order valence-electron chi connectivity index (χ2n) is 10.3. The van der Waals surface area contributed by atoms with E-state index < -0.39 is 12.1 Å². The molecule has 214 valence electrons. The van der Waals surface area contributed by atoms with E-state index in [1.807, 2.05) is 68.4 Å². The SMILES string of the molecule is COC(=O)[C@@H](C)Oc1cc(N(C)C)ccc1C=Nn1c(-c2cc(C(C)C)c(OC)cc2C)nc2ccccc2c1=O. The molecule has 0 bridgehead atoms. The van der Waals surface area contributed by atoms with E-state index in [0.29, 0.717) is 28.0 Å². The number of carbonyl (C=O) groups excluding carboxylic acids is 1. The molecule has 0 saturated carbocycles. The van der Waals surface area contributed by atoms with E-state index in [1.54, 1.807) is 32.4 Å². The number of fused-ring (bicyclic) bond motifs is 1. The van der Waals surface area contributed by atoms with Gasteiger partial charge in [-0.15, -0.1) is 0 Å². The lowest BCUT2D eigenvalue weighted by atomic mass is 9.96. The Hall–Kier alpha value is -4.66. The van der Waals surface area contributed by atoms with Crippen molar-refractivity contribution in [3.63, 3.8) is 0 Å². The van der Waals surface area contributed by atoms with Gasteiger partial charge in [0.1, 0.15) is 11.5 Å². The zero-order chi connectivity index (χ0) is 29.8. The highest BCUT2D eigenvalue weighted by atomic mass is 16.6. The van der Waals surface area contributed by atoms with Crippen LogP contribution in [0.5, 0.6) is 11.5 Å². The molecular weight excluding hydrogens is 520 g/mol. The van der Waals surface area contributed by atoms with Crippen LogP contribution in [0.4, 0.5) is 5.69 Å². The highest BCUT2D eigenvalue weighted by Crippen LogP contribution is 2.34. The average molecular weight is 557 g/mol. The van der Waals surface area contributed by atoms with Crippen LogP contribution in [0.2, 0.25) is 0 Å². The number of hydrogen-bond donors (Lipinski definition) is 0. The number of ether oxygens (including phenoxy) is 3. The van der Waals surface area contributed by atoms with Gasteiger partial charge in [-0.05, 0) is 67.3 Å². The maximum atomic E-state index is 13.8. The standard InChI is InChI=1S/C32H36N4O5/c1-19(2)25-17-26(20(3)15-29(25)39-7)30-34-27-12-10-9-11-24(27)31(37)36(30)33-18-22-13-14-23(35(5)6)16-28(22)41-21(4)32(38)40-8/h9-19,21H,1-8H3/t21-/m1/s1. The predicted octanol–water partition coefficient (Wildman–Crippen LogP) is 5.39. The molecule has 4 rings (SSSR count). The van der Waals surface area contributed by atoms with Crippen molar-refractivity contribution in [3.05, 3.63) is 81.6 Å². The Morgan fingerprint density at radius 2 is 1.76 bits per heavy atom. The van der Waals surface area contributed by atoms with E-state index in [-0.39, 0.29) is 11.5 Å². The second-order valence-corrected chi connectivity index (χ2v) is 10.3. The van der Waals surface area contributed by atoms with Gasteiger partial charge in [0.05, 0.1) is 31.3 Å². The van der Waals surface area contributed by atoms with Crippen molar-refractivity contribution < 1.29 is 19.0 Å². The molecule has 0 aliphatic rings. The summed E-state index contributed by atoms with van der Waals surface area (Å²) in [5, 5.41) is 5.09. The van der Waals surface area contributed by atoms with Crippen LogP contribution in [0, 0.1) is 6.92 Å². The van der Waals surface area contributed by atoms with Crippen LogP contribution in [-0.4, -0.2) is 56.3 Å². The molecule has 9 nitrogen and oxygen atoms in total. The Kier molecular flexibility index (Phi) is 8.76. The average Bonchev–Trinajstić information content (AvgIpc) is 2.96. The smallest absolute Gasteiger partial charge is 0.346 e. The zero-order valence-electron chi connectivity index (χ0n) is 24.8. The largest absolute Gasteiger partial charge is 0.496 e. The third-order valence-electron chi connectivity index (χ3n) is 6.86. The minimum Gasteiger partial charge on any atom is -0.496 e. The van der Waals surface area contributed by atoms with E-state index in [1.165, 1.54) is 11.8 Å². The van der Waals surface area contributed by atoms with Gasteiger partial charge in [0.25, 0.3) is 5.56 Å². The number of methoxy groups -OCH3 is 2. The number of carbonyl (C=O) groups is 1. The molecule has 1 atom stereocenters. The normalized spacial score (nSPS) is 12.1. The number of aryl methyl sites for hydroxylation is 1. The number of para-hydroxylation sites is 1. The topological polar surface area (TPSA) is 95.2 Å². The first-order chi connectivity index (χ1) is 19.5. The van der Waals surface area contributed by atoms with Gasteiger partial charge < -0.3 is 19.1 Å². The minimum absolute atomic E-state index is 0.181. The molecular formula is C32H36N4O5. The number of rotatable bonds is 9. The molecule has 0 N–H and O–H groups in total. The summed E-state index contributed by atoms with van der Waals surface area (Å²) in [7, 11) is 6.78. The molecule has 0 unspecified atom stereocenters. The van der Waals surface area contributed by atoms with Gasteiger partial charge >= 0.3 is 5.97 Å². The summed E-state index contributed by atoms with van der Waals surface area (Å²) in [4.78, 5) is 32.7. The lowest BCUT2D eigenvalue weighted by Crippen LogP contribution is -2.25. The zero-order valence-corrected chi connectivity index (χ0v) is 24.8. The number of anilines is 1. The summed E-state index contributed by atoms with van der Waals surface area (Å²) in [5.41, 5.74) is 4.38. The highest BCUT2D eigenvalue weighted by Gasteiger charge is 2.20. The molecule has 0 radical (unpaired) electrons. The molecule has 0 spiro atoms. The summed E-state index contributed by atoms with van der Waals surface area (Å²) in [6, 6.07) is 16.7. The summed E-state index contributed by atoms with van der Waals surface area (Å²) in [6.07, 6.45) is 0.698. The van der Waals surface area contributed by atoms with Crippen molar-refractivity contribution in [1.29, 1.82) is 0 Å². The van der Waals surface area contributed by atoms with Gasteiger partial charge in [0.2, 0.25) is 0 Å². The van der Waals surface area contributed by atoms with E-state index in [2.05, 4.69) is 18.9 Å². The fourth-order valence-corrected chi connectivity index (χ4v) is 4.51. The number of benzene rings is 3. The van der Waals surface area contributed by atoms with Crippen LogP contribution < -0.4 is 19.9 Å². The third kappa shape index (κ3) is 6.09. The molecule has 3 aromatic carbocycles. The van der Waals surface area contributed by atoms with Gasteiger partial charge in [-0.1, -0.05) is 26.0 Å². The molecule has 0 aliphatic heterocycles. The van der Waals surface area contributed by atoms with Crippen LogP contribution in [0.15, 0.2) is 64.5 Å². The molecule has 1 aromatic heterocycles. The van der Waals surface area contributed by atoms with Gasteiger partial charge in [-0.25, -0.2) is 9.78 Å². The Balaban J connectivity index is 1.93. The first kappa shape index (κ1) is 29.3. The number of aromatic nitrogens is 2. The molecule has 0 fully saturated rings. The Bertz CT molecular complexity index is 1670. The monoisotopic (exact) mass is 556 g/mol. The molecule has 0 amide bonds. The van der Waals surface area contributed by atoms with Crippen LogP contribution in [0.1, 0.15) is 43.4 Å². The number of hydrogen-bond acceptors (Lipinski definition) is 8. The second kappa shape index (κ2) is 12.2. The van der Waals surface area contributed by atoms with E-state index >= 15 is 0 Å². The van der Waals surface area contributed by atoms with Crippen molar-refractivity contribution in [2.75, 3.05) is 33.2 Å². The van der Waals surface area contributed by atoms with Gasteiger partial charge in [0, 0.05) is 37.0 Å². The lowest BCUT2D eigenvalue weighted by molar-refractivity contribution is -0.147. The quantitative estimate of drug-likeness (QED) is 0.201. The van der Waals surface area contributed by atoms with Crippen molar-refractivity contribution in [3.8, 4) is 22.9 Å². The first-order valence-corrected chi connectivity index (χ1v) is 13.4. The molecule has 0 aliphatic carbocycles. The number of esters is 1. The number of nitrogens with zero attached hydrogens (tertiary/aromatic N) is 4. The molecule has 4 aromatic rings. The van der Waals surface area contributed by atoms with Crippen molar-refractivity contribution >= 4 is 28.8 Å². The van der Waals surface area contributed by atoms with E-state index in [9.17, 15) is 9.59 Å². The van der Waals surface area contributed by atoms with Gasteiger partial charge in [-0.2, -0.15) is 9.78 Å². The lowest BCUT2D eigenvalue weighted by Gasteiger charge is -2.19. The maximum Gasteiger partial charge on any atom is 0.346 e. The van der Waals surface area contributed by atoms with E-state index in [4.69, 9.17) is 19.2 Å². The predicted molar refractivity (Wildman–Crippen MR) is 163 cm³/mol. The molecule has 1 heterocycles. The molecule has 9 heteroatoms. The van der Waals surface area contributed by atoms with E-state index in [0.717, 1.165) is 28.1 Å². The fraction of sp³-hybridized carbons (Fsp3) is 0.312. The Morgan fingerprint density at radius 3 is 2.41 bits per heavy atom. The van der Waals surface area contributed by atoms with Crippen LogP contribution in [0.25, 0.3) is 22.3 Å². The highest BCUT2D eigenvalue weighted by molar-refractivity contribution is 5.86. The van der Waals surface area contributed by atoms with Crippen LogP contribution in [0.3, 0.4) is 0 Å². The van der Waals surface area contributed by atoms with Crippen molar-refractivity contribution in [2.45, 2.75) is 39.7 Å². The summed E-state index contributed by atoms with van der Waals surface area (Å²) < 4.78 is 17.8. The fourth-order valence-electron chi connectivity index (χ4n) is 4.51. The third-order valence-corrected chi connectivity index (χ3v) is 6.86. The van der Waals surface area contributed by atoms with Crippen molar-refractivity contribution in [2.24, 2.45) is 5.10 Å². The van der Waals surface area contributed by atoms with Gasteiger partial charge in [-0.3, -0.25) is 4.79 Å². The molecule has 0 saturated heterocycles. The summed E-state index contributed by atoms with van der Waals surface area (Å²) in [5.74, 6) is 1.28. The Labute approximate surface area is 240 Å². The summed E-state index contributed by atoms with van der Waals surface area (Å²) >= 11 is 0. The minimum atomic E-state index is -0.846. The molecule has 41 heavy (non-hydrogen) atoms. The Morgan fingerprint density at radius 1 is 1.02 bits per heavy atom. The van der Waals surface area contributed by atoms with Gasteiger partial charge in [0.15, 0.2) is 11.9 Å².